The summed E-state index contributed by atoms with van der Waals surface area (Å²) in [5, 5.41) is 0. The molecule has 1 unspecified atom stereocenters. The lowest BCUT2D eigenvalue weighted by Gasteiger charge is -2.28. The van der Waals surface area contributed by atoms with Crippen molar-refractivity contribution < 1.29 is 36.9 Å². The highest BCUT2D eigenvalue weighted by molar-refractivity contribution is 5.96. The third-order valence-electron chi connectivity index (χ3n) is 3.19. The predicted molar refractivity (Wildman–Crippen MR) is 78.9 cm³/mol. The summed E-state index contributed by atoms with van der Waals surface area (Å²) in [4.78, 5) is 11.8. The molecule has 2 rings (SSSR count). The third-order valence-corrected chi connectivity index (χ3v) is 3.19. The average molecular weight is 346 g/mol. The zero-order chi connectivity index (χ0) is 17.7. The Labute approximate surface area is 136 Å². The van der Waals surface area contributed by atoms with Gasteiger partial charge in [-0.15, -0.1) is 0 Å². The van der Waals surface area contributed by atoms with Crippen molar-refractivity contribution in [2.75, 3.05) is 26.9 Å². The van der Waals surface area contributed by atoms with Gasteiger partial charge in [-0.25, -0.2) is 4.79 Å². The zero-order valence-electron chi connectivity index (χ0n) is 13.2. The molecular formula is C16H17F3O5. The van der Waals surface area contributed by atoms with Crippen LogP contribution in [0.25, 0.3) is 6.08 Å². The number of methoxy groups -OCH3 is 1. The lowest BCUT2D eigenvalue weighted by molar-refractivity contribution is -0.187. The molecule has 0 saturated heterocycles. The van der Waals surface area contributed by atoms with E-state index in [-0.39, 0.29) is 19.0 Å². The van der Waals surface area contributed by atoms with Crippen LogP contribution in [0.1, 0.15) is 12.5 Å². The summed E-state index contributed by atoms with van der Waals surface area (Å²) in [5.41, 5.74) is -0.234. The molecule has 0 spiro atoms. The Kier molecular flexibility index (Phi) is 5.71. The summed E-state index contributed by atoms with van der Waals surface area (Å²) < 4.78 is 59.5. The number of halogens is 3. The Morgan fingerprint density at radius 3 is 2.67 bits per heavy atom. The standard InChI is InChI=1S/C16H17F3O5/c1-3-22-15(20)12-8-10-4-5-11(23-7-6-21-2)9-13(10)24-14(12)16(17,18)19/h4-5,8-9,14H,3,6-7H2,1-2H3. The average Bonchev–Trinajstić information content (AvgIpc) is 2.53. The number of benzene rings is 1. The van der Waals surface area contributed by atoms with Crippen molar-refractivity contribution >= 4 is 12.0 Å². The highest BCUT2D eigenvalue weighted by atomic mass is 19.4. The molecule has 132 valence electrons. The molecule has 0 radical (unpaired) electrons. The Hall–Kier alpha value is -2.22. The van der Waals surface area contributed by atoms with Gasteiger partial charge in [-0.2, -0.15) is 13.2 Å². The number of carbonyl (C=O) groups is 1. The molecule has 1 aromatic rings. The first-order valence-electron chi connectivity index (χ1n) is 7.24. The highest BCUT2D eigenvalue weighted by Crippen LogP contribution is 2.39. The lowest BCUT2D eigenvalue weighted by Crippen LogP contribution is -2.40. The van der Waals surface area contributed by atoms with Gasteiger partial charge in [0.25, 0.3) is 0 Å². The van der Waals surface area contributed by atoms with Crippen molar-refractivity contribution in [3.05, 3.63) is 29.3 Å². The van der Waals surface area contributed by atoms with E-state index in [1.807, 2.05) is 0 Å². The van der Waals surface area contributed by atoms with Gasteiger partial charge in [-0.3, -0.25) is 0 Å². The molecule has 0 N–H and O–H groups in total. The van der Waals surface area contributed by atoms with E-state index < -0.39 is 23.8 Å². The number of hydrogen-bond acceptors (Lipinski definition) is 5. The monoisotopic (exact) mass is 346 g/mol. The maximum atomic E-state index is 13.2. The number of alkyl halides is 3. The molecule has 1 aliphatic heterocycles. The second-order valence-corrected chi connectivity index (χ2v) is 4.90. The summed E-state index contributed by atoms with van der Waals surface area (Å²) >= 11 is 0. The second-order valence-electron chi connectivity index (χ2n) is 4.90. The van der Waals surface area contributed by atoms with E-state index in [1.54, 1.807) is 6.07 Å². The van der Waals surface area contributed by atoms with Crippen LogP contribution in [0.3, 0.4) is 0 Å². The first-order valence-corrected chi connectivity index (χ1v) is 7.24. The molecule has 5 nitrogen and oxygen atoms in total. The van der Waals surface area contributed by atoms with Crippen LogP contribution in [0.15, 0.2) is 23.8 Å². The number of carbonyl (C=O) groups excluding carboxylic acids is 1. The topological polar surface area (TPSA) is 54.0 Å². The van der Waals surface area contributed by atoms with Gasteiger partial charge in [0.2, 0.25) is 6.10 Å². The van der Waals surface area contributed by atoms with Crippen molar-refractivity contribution in [3.8, 4) is 11.5 Å². The molecule has 0 aliphatic carbocycles. The van der Waals surface area contributed by atoms with Gasteiger partial charge in [0, 0.05) is 18.7 Å². The first-order chi connectivity index (χ1) is 11.4. The van der Waals surface area contributed by atoms with Gasteiger partial charge < -0.3 is 18.9 Å². The summed E-state index contributed by atoms with van der Waals surface area (Å²) in [5.74, 6) is -0.717. The van der Waals surface area contributed by atoms with Crippen molar-refractivity contribution in [3.63, 3.8) is 0 Å². The van der Waals surface area contributed by atoms with E-state index in [1.165, 1.54) is 26.2 Å². The molecule has 1 aliphatic rings. The smallest absolute Gasteiger partial charge is 0.430 e. The van der Waals surface area contributed by atoms with Crippen molar-refractivity contribution in [2.24, 2.45) is 0 Å². The van der Waals surface area contributed by atoms with Crippen LogP contribution in [-0.4, -0.2) is 45.2 Å². The minimum atomic E-state index is -4.75. The number of fused-ring (bicyclic) bond motifs is 1. The molecule has 1 heterocycles. The van der Waals surface area contributed by atoms with Gasteiger partial charge >= 0.3 is 12.1 Å². The SMILES string of the molecule is CCOC(=O)C1=Cc2ccc(OCCOC)cc2OC1C(F)(F)F. The van der Waals surface area contributed by atoms with Gasteiger partial charge in [-0.1, -0.05) is 0 Å². The summed E-state index contributed by atoms with van der Waals surface area (Å²) in [6.45, 7) is 2.08. The molecular weight excluding hydrogens is 329 g/mol. The number of rotatable bonds is 6. The van der Waals surface area contributed by atoms with E-state index in [0.29, 0.717) is 17.9 Å². The van der Waals surface area contributed by atoms with E-state index in [9.17, 15) is 18.0 Å². The van der Waals surface area contributed by atoms with Crippen LogP contribution in [0.4, 0.5) is 13.2 Å². The third kappa shape index (κ3) is 4.19. The van der Waals surface area contributed by atoms with Crippen LogP contribution >= 0.6 is 0 Å². The van der Waals surface area contributed by atoms with E-state index >= 15 is 0 Å². The Morgan fingerprint density at radius 2 is 2.04 bits per heavy atom. The minimum Gasteiger partial charge on any atom is -0.491 e. The number of hydrogen-bond donors (Lipinski definition) is 0. The molecule has 0 bridgehead atoms. The van der Waals surface area contributed by atoms with Crippen LogP contribution in [0.2, 0.25) is 0 Å². The molecule has 0 aromatic heterocycles. The van der Waals surface area contributed by atoms with Gasteiger partial charge in [-0.05, 0) is 25.1 Å². The van der Waals surface area contributed by atoms with Crippen LogP contribution < -0.4 is 9.47 Å². The summed E-state index contributed by atoms with van der Waals surface area (Å²) in [6.07, 6.45) is -5.99. The second kappa shape index (κ2) is 7.57. The fraction of sp³-hybridized carbons (Fsp3) is 0.438. The largest absolute Gasteiger partial charge is 0.491 e. The fourth-order valence-electron chi connectivity index (χ4n) is 2.13. The lowest BCUT2D eigenvalue weighted by atomic mass is 10.0. The summed E-state index contributed by atoms with van der Waals surface area (Å²) in [6, 6.07) is 4.44. The minimum absolute atomic E-state index is 0.0136. The first kappa shape index (κ1) is 18.1. The quantitative estimate of drug-likeness (QED) is 0.585. The molecule has 24 heavy (non-hydrogen) atoms. The Balaban J connectivity index is 2.31. The molecule has 1 atom stereocenters. The maximum absolute atomic E-state index is 13.2. The molecule has 1 aromatic carbocycles. The van der Waals surface area contributed by atoms with Crippen LogP contribution in [-0.2, 0) is 14.3 Å². The Morgan fingerprint density at radius 1 is 1.29 bits per heavy atom. The van der Waals surface area contributed by atoms with Crippen molar-refractivity contribution in [1.82, 2.24) is 0 Å². The molecule has 0 fully saturated rings. The fourth-order valence-corrected chi connectivity index (χ4v) is 2.13. The molecule has 8 heteroatoms. The van der Waals surface area contributed by atoms with Gasteiger partial charge in [0.05, 0.1) is 18.8 Å². The molecule has 0 amide bonds. The van der Waals surface area contributed by atoms with E-state index in [4.69, 9.17) is 14.2 Å². The predicted octanol–water partition coefficient (Wildman–Crippen LogP) is 2.98. The van der Waals surface area contributed by atoms with Gasteiger partial charge in [0.1, 0.15) is 18.1 Å². The summed E-state index contributed by atoms with van der Waals surface area (Å²) in [7, 11) is 1.51. The van der Waals surface area contributed by atoms with Crippen LogP contribution in [0, 0.1) is 0 Å². The van der Waals surface area contributed by atoms with E-state index in [0.717, 1.165) is 6.08 Å². The van der Waals surface area contributed by atoms with Crippen molar-refractivity contribution in [2.45, 2.75) is 19.2 Å². The van der Waals surface area contributed by atoms with Crippen LogP contribution in [0.5, 0.6) is 11.5 Å². The maximum Gasteiger partial charge on any atom is 0.430 e. The Bertz CT molecular complexity index is 625. The van der Waals surface area contributed by atoms with E-state index in [2.05, 4.69) is 4.74 Å². The van der Waals surface area contributed by atoms with Crippen molar-refractivity contribution in [1.29, 1.82) is 0 Å². The van der Waals surface area contributed by atoms with Gasteiger partial charge in [0.15, 0.2) is 0 Å². The normalized spacial score (nSPS) is 16.7. The number of esters is 1. The highest BCUT2D eigenvalue weighted by Gasteiger charge is 2.48. The number of ether oxygens (including phenoxy) is 4. The zero-order valence-corrected chi connectivity index (χ0v) is 13.2. The molecule has 0 saturated carbocycles.